The first-order valence-electron chi connectivity index (χ1n) is 25.1. The Kier molecular flexibility index (Phi) is 42.6. The molecule has 0 aromatic rings. The van der Waals surface area contributed by atoms with E-state index >= 15 is 0 Å². The topological polar surface area (TPSA) is 67.9 Å². The number of carbonyl (C=O) groups is 2. The van der Waals surface area contributed by atoms with Gasteiger partial charge in [-0.05, 0) is 111 Å². The number of carbonyl (C=O) groups excluding carboxylic acids is 2. The molecule has 0 aliphatic heterocycles. The predicted octanol–water partition coefficient (Wildman–Crippen LogP) is 14.8. The number of unbranched alkanes of at least 4 members (excludes halogenated alkanes) is 22. The van der Waals surface area contributed by atoms with Crippen LogP contribution in [0.1, 0.15) is 265 Å². The largest absolute Gasteiger partial charge is 0.462 e. The van der Waals surface area contributed by atoms with Gasteiger partial charge >= 0.3 is 11.9 Å². The SMILES string of the molecule is CCCCCCC(CCCCCC)OC(=O)CCCCCCCCC(CCCCCCCCC(=O)OC(CCCCCC)CCCCCC)NCCCN(C)C. The van der Waals surface area contributed by atoms with Crippen molar-refractivity contribution in [2.45, 2.75) is 284 Å². The summed E-state index contributed by atoms with van der Waals surface area (Å²) in [6, 6.07) is 0.621. The summed E-state index contributed by atoms with van der Waals surface area (Å²) >= 11 is 0. The van der Waals surface area contributed by atoms with Crippen LogP contribution in [0.15, 0.2) is 0 Å². The Morgan fingerprint density at radius 3 is 1.05 bits per heavy atom. The Bertz CT molecular complexity index is 739. The lowest BCUT2D eigenvalue weighted by atomic mass is 9.99. The Balaban J connectivity index is 4.29. The minimum Gasteiger partial charge on any atom is -0.462 e. The van der Waals surface area contributed by atoms with Crippen molar-refractivity contribution < 1.29 is 19.1 Å². The maximum absolute atomic E-state index is 12.7. The van der Waals surface area contributed by atoms with Crippen molar-refractivity contribution in [2.75, 3.05) is 27.2 Å². The molecule has 0 rings (SSSR count). The van der Waals surface area contributed by atoms with Gasteiger partial charge in [0.2, 0.25) is 0 Å². The predicted molar refractivity (Wildman–Crippen MR) is 244 cm³/mol. The lowest BCUT2D eigenvalue weighted by Gasteiger charge is -2.20. The lowest BCUT2D eigenvalue weighted by Crippen LogP contribution is -2.31. The van der Waals surface area contributed by atoms with Crippen molar-refractivity contribution in [3.05, 3.63) is 0 Å². The van der Waals surface area contributed by atoms with Gasteiger partial charge in [-0.2, -0.15) is 0 Å². The van der Waals surface area contributed by atoms with Gasteiger partial charge in [-0.1, -0.05) is 169 Å². The van der Waals surface area contributed by atoms with Crippen LogP contribution in [0.3, 0.4) is 0 Å². The minimum absolute atomic E-state index is 0.0363. The van der Waals surface area contributed by atoms with Crippen LogP contribution in [0.4, 0.5) is 0 Å². The van der Waals surface area contributed by atoms with Gasteiger partial charge in [0.05, 0.1) is 0 Å². The van der Waals surface area contributed by atoms with E-state index in [0.29, 0.717) is 18.9 Å². The second-order valence-corrected chi connectivity index (χ2v) is 17.7. The fourth-order valence-corrected chi connectivity index (χ4v) is 7.99. The highest BCUT2D eigenvalue weighted by Crippen LogP contribution is 2.20. The van der Waals surface area contributed by atoms with Crippen LogP contribution in [0.5, 0.6) is 0 Å². The molecule has 6 heteroatoms. The van der Waals surface area contributed by atoms with Crippen LogP contribution in [0, 0.1) is 0 Å². The molecule has 0 aliphatic carbocycles. The number of rotatable bonds is 45. The zero-order chi connectivity index (χ0) is 41.2. The van der Waals surface area contributed by atoms with E-state index < -0.39 is 0 Å². The second-order valence-electron chi connectivity index (χ2n) is 17.7. The molecule has 334 valence electrons. The zero-order valence-corrected chi connectivity index (χ0v) is 38.9. The fraction of sp³-hybridized carbons (Fsp3) is 0.960. The number of esters is 2. The summed E-state index contributed by atoms with van der Waals surface area (Å²) in [4.78, 5) is 27.6. The zero-order valence-electron chi connectivity index (χ0n) is 38.9. The third-order valence-electron chi connectivity index (χ3n) is 11.7. The molecular weight excluding hydrogens is 693 g/mol. The molecule has 0 amide bonds. The van der Waals surface area contributed by atoms with Gasteiger partial charge in [0.25, 0.3) is 0 Å². The molecule has 0 fully saturated rings. The van der Waals surface area contributed by atoms with Crippen molar-refractivity contribution >= 4 is 11.9 Å². The van der Waals surface area contributed by atoms with Crippen molar-refractivity contribution in [3.8, 4) is 0 Å². The van der Waals surface area contributed by atoms with Crippen LogP contribution in [-0.4, -0.2) is 62.3 Å². The molecule has 0 radical (unpaired) electrons. The summed E-state index contributed by atoms with van der Waals surface area (Å²) in [5.41, 5.74) is 0. The maximum Gasteiger partial charge on any atom is 0.306 e. The second kappa shape index (κ2) is 43.4. The van der Waals surface area contributed by atoms with Gasteiger partial charge in [0, 0.05) is 18.9 Å². The third kappa shape index (κ3) is 39.7. The summed E-state index contributed by atoms with van der Waals surface area (Å²) < 4.78 is 12.0. The van der Waals surface area contributed by atoms with E-state index in [0.717, 1.165) is 64.5 Å². The highest BCUT2D eigenvalue weighted by Gasteiger charge is 2.16. The molecule has 0 aliphatic rings. The van der Waals surface area contributed by atoms with Gasteiger partial charge in [-0.25, -0.2) is 0 Å². The highest BCUT2D eigenvalue weighted by atomic mass is 16.5. The Hall–Kier alpha value is -1.14. The number of hydrogen-bond donors (Lipinski definition) is 1. The van der Waals surface area contributed by atoms with E-state index in [1.807, 2.05) is 0 Å². The normalized spacial score (nSPS) is 11.8. The first-order valence-corrected chi connectivity index (χ1v) is 25.1. The van der Waals surface area contributed by atoms with Crippen molar-refractivity contribution in [1.82, 2.24) is 10.2 Å². The Morgan fingerprint density at radius 2 is 0.714 bits per heavy atom. The molecule has 0 aromatic heterocycles. The van der Waals surface area contributed by atoms with Crippen LogP contribution >= 0.6 is 0 Å². The number of nitrogens with zero attached hydrogens (tertiary/aromatic N) is 1. The molecule has 0 atom stereocenters. The fourth-order valence-electron chi connectivity index (χ4n) is 7.99. The first-order chi connectivity index (χ1) is 27.4. The van der Waals surface area contributed by atoms with Gasteiger partial charge in [-0.15, -0.1) is 0 Å². The molecule has 0 unspecified atom stereocenters. The van der Waals surface area contributed by atoms with Gasteiger partial charge in [-0.3, -0.25) is 9.59 Å². The van der Waals surface area contributed by atoms with E-state index in [1.54, 1.807) is 0 Å². The van der Waals surface area contributed by atoms with Gasteiger partial charge < -0.3 is 19.7 Å². The van der Waals surface area contributed by atoms with Gasteiger partial charge in [0.15, 0.2) is 0 Å². The average Bonchev–Trinajstić information content (AvgIpc) is 3.18. The number of nitrogens with one attached hydrogen (secondary N) is 1. The van der Waals surface area contributed by atoms with E-state index in [9.17, 15) is 9.59 Å². The monoisotopic (exact) mass is 793 g/mol. The molecule has 56 heavy (non-hydrogen) atoms. The quantitative estimate of drug-likeness (QED) is 0.0489. The van der Waals surface area contributed by atoms with E-state index in [2.05, 4.69) is 52.0 Å². The molecule has 0 saturated heterocycles. The smallest absolute Gasteiger partial charge is 0.306 e. The van der Waals surface area contributed by atoms with E-state index in [4.69, 9.17) is 9.47 Å². The summed E-state index contributed by atoms with van der Waals surface area (Å²) in [6.07, 6.45) is 43.6. The lowest BCUT2D eigenvalue weighted by molar-refractivity contribution is -0.151. The average molecular weight is 793 g/mol. The highest BCUT2D eigenvalue weighted by molar-refractivity contribution is 5.69. The summed E-state index contributed by atoms with van der Waals surface area (Å²) in [5.74, 6) is 0.0725. The first kappa shape index (κ1) is 54.9. The Labute approximate surface area is 350 Å². The maximum atomic E-state index is 12.7. The molecular formula is C50H100N2O4. The van der Waals surface area contributed by atoms with Crippen molar-refractivity contribution in [1.29, 1.82) is 0 Å². The van der Waals surface area contributed by atoms with Crippen molar-refractivity contribution in [2.24, 2.45) is 0 Å². The van der Waals surface area contributed by atoms with E-state index in [-0.39, 0.29) is 24.1 Å². The molecule has 0 bridgehead atoms. The number of ether oxygens (including phenoxy) is 2. The van der Waals surface area contributed by atoms with Gasteiger partial charge in [0.1, 0.15) is 12.2 Å². The number of hydrogen-bond acceptors (Lipinski definition) is 6. The van der Waals surface area contributed by atoms with Crippen LogP contribution < -0.4 is 5.32 Å². The Morgan fingerprint density at radius 1 is 0.411 bits per heavy atom. The molecule has 0 spiro atoms. The van der Waals surface area contributed by atoms with Crippen LogP contribution in [0.2, 0.25) is 0 Å². The molecule has 6 nitrogen and oxygen atoms in total. The molecule has 0 heterocycles. The summed E-state index contributed by atoms with van der Waals surface area (Å²) in [7, 11) is 4.32. The van der Waals surface area contributed by atoms with E-state index in [1.165, 1.54) is 173 Å². The summed E-state index contributed by atoms with van der Waals surface area (Å²) in [5, 5.41) is 3.90. The molecule has 0 saturated carbocycles. The van der Waals surface area contributed by atoms with Crippen molar-refractivity contribution in [3.63, 3.8) is 0 Å². The minimum atomic E-state index is 0.0363. The summed E-state index contributed by atoms with van der Waals surface area (Å²) in [6.45, 7) is 11.2. The molecule has 1 N–H and O–H groups in total. The molecule has 0 aromatic carbocycles. The van der Waals surface area contributed by atoms with Crippen LogP contribution in [-0.2, 0) is 19.1 Å². The standard InChI is InChI=1S/C50H100N2O4/c1-7-11-15-29-38-47(39-30-16-12-8-2)55-49(53)42-33-25-21-19-23-27-36-46(51-44-35-45-52(5)6)37-28-24-20-22-26-34-43-50(54)56-48(40-31-17-13-9-3)41-32-18-14-10-4/h46-48,51H,7-45H2,1-6H3. The van der Waals surface area contributed by atoms with Crippen LogP contribution in [0.25, 0.3) is 0 Å². The third-order valence-corrected chi connectivity index (χ3v) is 11.7.